The van der Waals surface area contributed by atoms with E-state index in [9.17, 15) is 20.1 Å². The fourth-order valence-corrected chi connectivity index (χ4v) is 2.83. The van der Waals surface area contributed by atoms with Gasteiger partial charge in [-0.2, -0.15) is 0 Å². The molecule has 25 heavy (non-hydrogen) atoms. The van der Waals surface area contributed by atoms with Gasteiger partial charge in [0, 0.05) is 29.2 Å². The van der Waals surface area contributed by atoms with Gasteiger partial charge in [0.05, 0.1) is 13.4 Å². The summed E-state index contributed by atoms with van der Waals surface area (Å²) in [6.07, 6.45) is 1.42. The summed E-state index contributed by atoms with van der Waals surface area (Å²) in [4.78, 5) is 12.8. The lowest BCUT2D eigenvalue weighted by Gasteiger charge is -2.11. The number of benzene rings is 2. The molecule has 1 heterocycles. The zero-order valence-corrected chi connectivity index (χ0v) is 14.1. The van der Waals surface area contributed by atoms with E-state index in [1.54, 1.807) is 19.1 Å². The maximum absolute atomic E-state index is 12.8. The van der Waals surface area contributed by atoms with E-state index in [1.165, 1.54) is 26.4 Å². The Hall–Kier alpha value is -3.15. The zero-order valence-electron chi connectivity index (χ0n) is 14.1. The van der Waals surface area contributed by atoms with Gasteiger partial charge in [-0.25, -0.2) is 0 Å². The van der Waals surface area contributed by atoms with E-state index in [0.717, 1.165) is 0 Å². The van der Waals surface area contributed by atoms with Crippen LogP contribution in [0.5, 0.6) is 23.0 Å². The molecule has 0 saturated carbocycles. The number of rotatable bonds is 3. The van der Waals surface area contributed by atoms with Crippen molar-refractivity contribution in [2.45, 2.75) is 20.3 Å². The topological polar surface area (TPSA) is 100 Å². The first kappa shape index (κ1) is 16.7. The molecule has 3 N–H and O–H groups in total. The fraction of sp³-hybridized carbons (Fsp3) is 0.211. The van der Waals surface area contributed by atoms with Crippen LogP contribution in [0.4, 0.5) is 0 Å². The average Bonchev–Trinajstić information content (AvgIpc) is 2.61. The molecule has 6 nitrogen and oxygen atoms in total. The Kier molecular flexibility index (Phi) is 4.04. The molecule has 6 heteroatoms. The first-order valence-corrected chi connectivity index (χ1v) is 7.66. The molecule has 130 valence electrons. The molecular weight excluding hydrogens is 324 g/mol. The normalized spacial score (nSPS) is 11.0. The number of aryl methyl sites for hydroxylation is 1. The Morgan fingerprint density at radius 1 is 1.04 bits per heavy atom. The molecule has 0 fully saturated rings. The molecule has 0 amide bonds. The van der Waals surface area contributed by atoms with Crippen LogP contribution in [-0.4, -0.2) is 22.4 Å². The van der Waals surface area contributed by atoms with Crippen LogP contribution in [0.25, 0.3) is 11.0 Å². The lowest BCUT2D eigenvalue weighted by molar-refractivity contribution is 0.406. The van der Waals surface area contributed by atoms with Crippen molar-refractivity contribution in [3.05, 3.63) is 56.9 Å². The first-order valence-electron chi connectivity index (χ1n) is 7.66. The van der Waals surface area contributed by atoms with Crippen molar-refractivity contribution in [2.24, 2.45) is 0 Å². The van der Waals surface area contributed by atoms with Crippen molar-refractivity contribution in [3.8, 4) is 23.0 Å². The van der Waals surface area contributed by atoms with Crippen LogP contribution >= 0.6 is 0 Å². The molecule has 0 atom stereocenters. The van der Waals surface area contributed by atoms with Crippen LogP contribution in [0.15, 0.2) is 33.7 Å². The van der Waals surface area contributed by atoms with Crippen molar-refractivity contribution >= 4 is 11.0 Å². The van der Waals surface area contributed by atoms with Crippen LogP contribution in [0.1, 0.15) is 22.3 Å². The summed E-state index contributed by atoms with van der Waals surface area (Å²) in [6, 6.07) is 4.80. The molecule has 0 aliphatic heterocycles. The molecular formula is C19H18O6. The number of ether oxygens (including phenoxy) is 1. The maximum Gasteiger partial charge on any atom is 0.199 e. The third kappa shape index (κ3) is 2.65. The van der Waals surface area contributed by atoms with E-state index in [4.69, 9.17) is 9.15 Å². The van der Waals surface area contributed by atoms with Gasteiger partial charge in [0.1, 0.15) is 34.0 Å². The second-order valence-corrected chi connectivity index (χ2v) is 5.91. The second kappa shape index (κ2) is 6.05. The van der Waals surface area contributed by atoms with Crippen LogP contribution in [0.3, 0.4) is 0 Å². The van der Waals surface area contributed by atoms with Gasteiger partial charge >= 0.3 is 0 Å². The minimum absolute atomic E-state index is 0.00105. The van der Waals surface area contributed by atoms with Crippen molar-refractivity contribution < 1.29 is 24.5 Å². The minimum atomic E-state index is -0.403. The summed E-state index contributed by atoms with van der Waals surface area (Å²) in [7, 11) is 1.50. The number of fused-ring (bicyclic) bond motifs is 1. The highest BCUT2D eigenvalue weighted by molar-refractivity contribution is 5.90. The molecule has 0 bridgehead atoms. The lowest BCUT2D eigenvalue weighted by atomic mass is 10.00. The Bertz CT molecular complexity index is 1030. The molecule has 1 aromatic heterocycles. The number of hydrogen-bond donors (Lipinski definition) is 3. The number of phenols is 3. The largest absolute Gasteiger partial charge is 0.508 e. The van der Waals surface area contributed by atoms with Crippen LogP contribution in [0, 0.1) is 13.8 Å². The van der Waals surface area contributed by atoms with Gasteiger partial charge in [0.15, 0.2) is 5.43 Å². The Morgan fingerprint density at radius 3 is 2.40 bits per heavy atom. The molecule has 3 aromatic rings. The van der Waals surface area contributed by atoms with Gasteiger partial charge in [-0.05, 0) is 25.5 Å². The van der Waals surface area contributed by atoms with Gasteiger partial charge in [-0.15, -0.1) is 0 Å². The summed E-state index contributed by atoms with van der Waals surface area (Å²) in [5, 5.41) is 30.4. The Morgan fingerprint density at radius 2 is 1.76 bits per heavy atom. The van der Waals surface area contributed by atoms with Crippen molar-refractivity contribution in [3.63, 3.8) is 0 Å². The van der Waals surface area contributed by atoms with Gasteiger partial charge in [0.2, 0.25) is 0 Å². The quantitative estimate of drug-likeness (QED) is 0.676. The van der Waals surface area contributed by atoms with Gasteiger partial charge in [-0.3, -0.25) is 4.79 Å². The smallest absolute Gasteiger partial charge is 0.199 e. The maximum atomic E-state index is 12.8. The molecule has 0 spiro atoms. The second-order valence-electron chi connectivity index (χ2n) is 5.91. The van der Waals surface area contributed by atoms with Crippen LogP contribution < -0.4 is 10.2 Å². The van der Waals surface area contributed by atoms with Crippen LogP contribution in [0.2, 0.25) is 0 Å². The summed E-state index contributed by atoms with van der Waals surface area (Å²) < 4.78 is 10.5. The highest BCUT2D eigenvalue weighted by Crippen LogP contribution is 2.37. The Labute approximate surface area is 143 Å². The number of aromatic hydroxyl groups is 3. The predicted octanol–water partition coefficient (Wildman–Crippen LogP) is 3.13. The van der Waals surface area contributed by atoms with Gasteiger partial charge in [-0.1, -0.05) is 6.07 Å². The van der Waals surface area contributed by atoms with Crippen molar-refractivity contribution in [1.82, 2.24) is 0 Å². The third-order valence-electron chi connectivity index (χ3n) is 4.38. The monoisotopic (exact) mass is 342 g/mol. The molecule has 0 aliphatic carbocycles. The highest BCUT2D eigenvalue weighted by Gasteiger charge is 2.20. The van der Waals surface area contributed by atoms with Crippen LogP contribution in [-0.2, 0) is 6.42 Å². The average molecular weight is 342 g/mol. The number of phenolic OH excluding ortho intramolecular Hbond substituents is 3. The SMILES string of the molecule is COc1ccc(Cc2coc3c(C)c(O)c(C)c(O)c3c2=O)c(O)c1. The fourth-order valence-electron chi connectivity index (χ4n) is 2.83. The minimum Gasteiger partial charge on any atom is -0.508 e. The standard InChI is InChI=1S/C19H18O6/c1-9-16(21)10(2)19-15(17(9)22)18(23)12(8-25-19)6-11-4-5-13(24-3)7-14(11)20/h4-5,7-8,20-22H,6H2,1-3H3. The van der Waals surface area contributed by atoms with Crippen molar-refractivity contribution in [1.29, 1.82) is 0 Å². The summed E-state index contributed by atoms with van der Waals surface area (Å²) >= 11 is 0. The van der Waals surface area contributed by atoms with E-state index < -0.39 is 5.43 Å². The third-order valence-corrected chi connectivity index (χ3v) is 4.38. The highest BCUT2D eigenvalue weighted by atomic mass is 16.5. The number of hydrogen-bond acceptors (Lipinski definition) is 6. The van der Waals surface area contributed by atoms with E-state index >= 15 is 0 Å². The molecule has 0 radical (unpaired) electrons. The van der Waals surface area contributed by atoms with Crippen molar-refractivity contribution in [2.75, 3.05) is 7.11 Å². The lowest BCUT2D eigenvalue weighted by Crippen LogP contribution is -2.10. The molecule has 0 unspecified atom stereocenters. The summed E-state index contributed by atoms with van der Waals surface area (Å²) in [6.45, 7) is 3.14. The molecule has 0 aliphatic rings. The Balaban J connectivity index is 2.16. The van der Waals surface area contributed by atoms with Gasteiger partial charge in [0.25, 0.3) is 0 Å². The number of methoxy groups -OCH3 is 1. The predicted molar refractivity (Wildman–Crippen MR) is 92.8 cm³/mol. The van der Waals surface area contributed by atoms with Gasteiger partial charge < -0.3 is 24.5 Å². The van der Waals surface area contributed by atoms with E-state index in [0.29, 0.717) is 16.9 Å². The molecule has 3 rings (SSSR count). The molecule has 0 saturated heterocycles. The van der Waals surface area contributed by atoms with E-state index in [1.807, 2.05) is 0 Å². The zero-order chi connectivity index (χ0) is 18.3. The molecule has 2 aromatic carbocycles. The van der Waals surface area contributed by atoms with E-state index in [2.05, 4.69) is 0 Å². The first-order chi connectivity index (χ1) is 11.8. The summed E-state index contributed by atoms with van der Waals surface area (Å²) in [5.41, 5.74) is 1.17. The van der Waals surface area contributed by atoms with E-state index in [-0.39, 0.29) is 45.8 Å². The summed E-state index contributed by atoms with van der Waals surface area (Å²) in [5.74, 6) is 0.105.